The van der Waals surface area contributed by atoms with Crippen molar-refractivity contribution in [2.24, 2.45) is 29.4 Å². The van der Waals surface area contributed by atoms with E-state index in [2.05, 4.69) is 140 Å². The Morgan fingerprint density at radius 2 is 0.642 bits per heavy atom. The molecule has 12 aromatic heterocycles. The van der Waals surface area contributed by atoms with Crippen LogP contribution in [0.15, 0.2) is 201 Å². The van der Waals surface area contributed by atoms with E-state index >= 15 is 0 Å². The van der Waals surface area contributed by atoms with Crippen LogP contribution in [-0.2, 0) is 19.2 Å². The van der Waals surface area contributed by atoms with Crippen LogP contribution in [0.25, 0.3) is 111 Å². The molecular formula is C95H100N24O4. The number of hydrogen-bond acceptors (Lipinski definition) is 16. The first-order valence-electron chi connectivity index (χ1n) is 43.2. The summed E-state index contributed by atoms with van der Waals surface area (Å²) in [7, 11) is 0. The van der Waals surface area contributed by atoms with E-state index < -0.39 is 0 Å². The zero-order valence-electron chi connectivity index (χ0n) is 68.6. The number of imidazole rings is 4. The Bertz CT molecular complexity index is 6630. The minimum atomic E-state index is -0.196. The van der Waals surface area contributed by atoms with Crippen LogP contribution in [-0.4, -0.2) is 114 Å². The van der Waals surface area contributed by atoms with Crippen LogP contribution < -0.4 is 44.6 Å². The van der Waals surface area contributed by atoms with Gasteiger partial charge < -0.3 is 64.6 Å². The number of primary amides is 1. The quantitative estimate of drug-likeness (QED) is 0.0454. The fourth-order valence-corrected chi connectivity index (χ4v) is 19.2. The summed E-state index contributed by atoms with van der Waals surface area (Å²) >= 11 is 0. The summed E-state index contributed by atoms with van der Waals surface area (Å²) in [4.78, 5) is 100. The lowest BCUT2D eigenvalue weighted by molar-refractivity contribution is -0.126. The molecule has 28 nitrogen and oxygen atoms in total. The summed E-state index contributed by atoms with van der Waals surface area (Å²) in [6, 6.07) is 51.2. The molecule has 123 heavy (non-hydrogen) atoms. The molecule has 0 bridgehead atoms. The van der Waals surface area contributed by atoms with Crippen LogP contribution in [0, 0.1) is 23.7 Å². The molecule has 0 spiro atoms. The van der Waals surface area contributed by atoms with Crippen molar-refractivity contribution >= 4 is 118 Å². The van der Waals surface area contributed by atoms with E-state index in [1.54, 1.807) is 24.8 Å². The average molecular weight is 1640 g/mol. The monoisotopic (exact) mass is 1640 g/mol. The Balaban J connectivity index is 0.000000108. The van der Waals surface area contributed by atoms with E-state index in [0.717, 1.165) is 256 Å². The number of aromatic nitrogens is 16. The Kier molecular flexibility index (Phi) is 21.6. The lowest BCUT2D eigenvalue weighted by Gasteiger charge is -2.27. The topological polar surface area (TPSA) is 418 Å². The van der Waals surface area contributed by atoms with Crippen LogP contribution in [0.5, 0.6) is 0 Å². The number of amides is 4. The number of H-pyrrole nitrogens is 4. The first-order valence-corrected chi connectivity index (χ1v) is 43.2. The van der Waals surface area contributed by atoms with Crippen LogP contribution >= 0.6 is 0 Å². The Morgan fingerprint density at radius 3 is 0.935 bits per heavy atom. The largest absolute Gasteiger partial charge is 0.382 e. The molecule has 0 unspecified atom stereocenters. The second-order valence-corrected chi connectivity index (χ2v) is 33.6. The van der Waals surface area contributed by atoms with Gasteiger partial charge in [0.15, 0.2) is 0 Å². The number of benzene rings is 5. The zero-order valence-corrected chi connectivity index (χ0v) is 68.6. The van der Waals surface area contributed by atoms with Crippen LogP contribution in [0.4, 0.5) is 29.0 Å². The number of carbonyl (C=O) groups is 4. The molecule has 0 atom stereocenters. The first kappa shape index (κ1) is 78.7. The second kappa shape index (κ2) is 33.8. The van der Waals surface area contributed by atoms with Gasteiger partial charge in [-0.3, -0.25) is 36.8 Å². The summed E-state index contributed by atoms with van der Waals surface area (Å²) < 4.78 is 8.31. The molecule has 5 aliphatic carbocycles. The van der Waals surface area contributed by atoms with Crippen LogP contribution in [0.2, 0.25) is 0 Å². The Morgan fingerprint density at radius 1 is 0.358 bits per heavy atom. The molecule has 5 aromatic carbocycles. The number of anilines is 5. The normalized spacial score (nSPS) is 19.8. The molecule has 4 amide bonds. The van der Waals surface area contributed by atoms with Gasteiger partial charge in [0, 0.05) is 159 Å². The number of para-hydroxylation sites is 5. The molecular weight excluding hydrogens is 1540 g/mol. The third-order valence-corrected chi connectivity index (χ3v) is 25.8. The van der Waals surface area contributed by atoms with E-state index in [1.807, 2.05) is 117 Å². The minimum absolute atomic E-state index is 0.0163. The van der Waals surface area contributed by atoms with Gasteiger partial charge in [-0.25, -0.2) is 39.9 Å². The second-order valence-electron chi connectivity index (χ2n) is 33.6. The zero-order chi connectivity index (χ0) is 83.9. The van der Waals surface area contributed by atoms with Crippen molar-refractivity contribution in [3.63, 3.8) is 0 Å². The lowest BCUT2D eigenvalue weighted by Crippen LogP contribution is -2.34. The number of rotatable bonds is 15. The van der Waals surface area contributed by atoms with Gasteiger partial charge in [-0.15, -0.1) is 0 Å². The molecule has 5 fully saturated rings. The van der Waals surface area contributed by atoms with Gasteiger partial charge in [-0.1, -0.05) is 91.0 Å². The molecule has 5 aliphatic rings. The predicted molar refractivity (Wildman–Crippen MR) is 482 cm³/mol. The third-order valence-electron chi connectivity index (χ3n) is 25.8. The maximum atomic E-state index is 12.8. The van der Waals surface area contributed by atoms with Gasteiger partial charge >= 0.3 is 0 Å². The summed E-state index contributed by atoms with van der Waals surface area (Å²) in [6.07, 6.45) is 31.1. The molecule has 624 valence electrons. The highest BCUT2D eigenvalue weighted by molar-refractivity contribution is 5.96. The van der Waals surface area contributed by atoms with E-state index in [1.165, 1.54) is 0 Å². The summed E-state index contributed by atoms with van der Waals surface area (Å²) in [5, 5.41) is 13.7. The lowest BCUT2D eigenvalue weighted by atomic mass is 9.81. The summed E-state index contributed by atoms with van der Waals surface area (Å²) in [5.41, 5.74) is 46.1. The Hall–Kier alpha value is -14.2. The number of nitrogens with one attached hydrogen (secondary N) is 7. The van der Waals surface area contributed by atoms with Crippen molar-refractivity contribution in [2.75, 3.05) is 34.8 Å². The van der Waals surface area contributed by atoms with Gasteiger partial charge in [-0.2, -0.15) is 0 Å². The molecule has 0 radical (unpaired) electrons. The fraction of sp³-hybridized carbons (Fsp3) is 0.305. The molecule has 0 saturated heterocycles. The van der Waals surface area contributed by atoms with Crippen LogP contribution in [0.1, 0.15) is 169 Å². The number of nitrogens with two attached hydrogens (primary N) is 5. The predicted octanol–water partition coefficient (Wildman–Crippen LogP) is 16.5. The van der Waals surface area contributed by atoms with Gasteiger partial charge in [0.1, 0.15) is 91.4 Å². The van der Waals surface area contributed by atoms with E-state index in [4.69, 9.17) is 48.6 Å². The van der Waals surface area contributed by atoms with Crippen molar-refractivity contribution in [1.29, 1.82) is 0 Å². The van der Waals surface area contributed by atoms with Crippen molar-refractivity contribution in [2.45, 2.75) is 152 Å². The summed E-state index contributed by atoms with van der Waals surface area (Å²) in [5.74, 6) is 7.51. The van der Waals surface area contributed by atoms with Crippen molar-refractivity contribution in [3.8, 4) is 45.6 Å². The fourth-order valence-electron chi connectivity index (χ4n) is 19.2. The highest BCUT2D eigenvalue weighted by atomic mass is 16.2. The van der Waals surface area contributed by atoms with Gasteiger partial charge in [-0.05, 0) is 183 Å². The maximum Gasteiger partial charge on any atom is 0.227 e. The minimum Gasteiger partial charge on any atom is -0.382 e. The molecule has 0 aliphatic heterocycles. The highest BCUT2D eigenvalue weighted by Crippen LogP contribution is 2.45. The third kappa shape index (κ3) is 15.9. The van der Waals surface area contributed by atoms with Gasteiger partial charge in [0.05, 0.1) is 22.8 Å². The molecule has 17 N–H and O–H groups in total. The van der Waals surface area contributed by atoms with E-state index in [-0.39, 0.29) is 59.1 Å². The molecule has 28 heteroatoms. The van der Waals surface area contributed by atoms with Gasteiger partial charge in [0.25, 0.3) is 0 Å². The van der Waals surface area contributed by atoms with Crippen LogP contribution in [0.3, 0.4) is 0 Å². The smallest absolute Gasteiger partial charge is 0.227 e. The van der Waals surface area contributed by atoms with Crippen molar-refractivity contribution in [3.05, 3.63) is 225 Å². The molecule has 5 saturated carbocycles. The number of nitrogen functional groups attached to an aromatic ring is 4. The first-order chi connectivity index (χ1) is 60.1. The highest BCUT2D eigenvalue weighted by Gasteiger charge is 2.37. The number of carbonyl (C=O) groups excluding carboxylic acids is 4. The average Bonchev–Trinajstić information content (AvgIpc) is 1.62. The molecule has 17 aromatic rings. The van der Waals surface area contributed by atoms with E-state index in [0.29, 0.717) is 47.7 Å². The molecule has 12 heterocycles. The summed E-state index contributed by atoms with van der Waals surface area (Å²) in [6.45, 7) is 2.65. The van der Waals surface area contributed by atoms with Crippen molar-refractivity contribution < 1.29 is 19.2 Å². The van der Waals surface area contributed by atoms with Gasteiger partial charge in [0.2, 0.25) is 23.6 Å². The standard InChI is InChI=1S/C27H26N6O.C24H26N6O.C23H26N6O.C21H22N6O/c28-25-24-23(22-16-19-6-4-5-9-21(19)31-22)32-26(33(24)15-14-29-25)17-10-12-18(13-11-17)27(34)30-20-7-2-1-3-8-20;25-22-21-20(19-13-16-3-1-2-4-18(16)28-19)29-23(30(21)12-11-26-22)14-5-7-15(8-6-14)24(31)27-17-9-10-17;1-2-25-23(30)15-9-7-14(8-10-15)22-28-19(20-21(24)26-11-12-29(20)22)18-13-16-5-3-4-6-17(16)27-18;22-19-18-17(16-11-14-3-1-2-4-15(14)25-16)26-21(27(18)10-9-24-19)13-7-5-12(6-8-13)20(23)28/h1-9,14-18,31H,10-13H2,(H2,28,29)(H,30,34);1-4,11-15,17,28H,5-10H2,(H2,25,26)(H,27,31);3-6,11-15,27H,2,7-10H2,1H3,(H2,24,26)(H,25,30);1-4,9-13,25H,5-8H2,(H2,22,24)(H2,23,28). The number of hydrogen-bond donors (Lipinski definition) is 12. The van der Waals surface area contributed by atoms with E-state index in [9.17, 15) is 19.2 Å². The Labute approximate surface area is 708 Å². The SMILES string of the molecule is CCNC(=O)C1CCC(c2nc(-c3cc4ccccc4[nH]3)c3c(N)nccn23)CC1.NC(=O)C1CCC(c2nc(-c3cc4ccccc4[nH]3)c3c(N)nccn23)CC1.Nc1nccn2c(C3CCC(C(=O)NC4CC4)CC3)nc(-c3cc4ccccc4[nH]3)c12.Nc1nccn2c(C3CCC(C(=O)Nc4ccccc4)CC3)nc(-c3cc4ccccc4[nH]3)c12. The molecule has 22 rings (SSSR count). The number of fused-ring (bicyclic) bond motifs is 8. The number of aromatic amines is 4. The van der Waals surface area contributed by atoms with Crippen molar-refractivity contribution in [1.82, 2.24) is 88.0 Å². The maximum absolute atomic E-state index is 12.8. The number of nitrogens with zero attached hydrogens (tertiary/aromatic N) is 12.